The second-order valence-electron chi connectivity index (χ2n) is 4.87. The molecule has 2 unspecified atom stereocenters. The van der Waals surface area contributed by atoms with E-state index in [1.165, 1.54) is 13.0 Å². The molecule has 0 saturated heterocycles. The Kier molecular flexibility index (Phi) is 3.81. The van der Waals surface area contributed by atoms with Gasteiger partial charge in [-0.3, -0.25) is 4.79 Å². The third-order valence-corrected chi connectivity index (χ3v) is 3.94. The van der Waals surface area contributed by atoms with E-state index in [2.05, 4.69) is 15.9 Å². The summed E-state index contributed by atoms with van der Waals surface area (Å²) in [6.07, 6.45) is 3.00. The molecule has 0 spiro atoms. The van der Waals surface area contributed by atoms with Crippen LogP contribution in [0.2, 0.25) is 0 Å². The first-order chi connectivity index (χ1) is 9.36. The minimum Gasteiger partial charge on any atom is -0.481 e. The molecule has 0 heterocycles. The standard InChI is InChI=1S/C15H13BrO4/c1-15(14(19)20)8-10(16)7-11(13(17)18)12(15)9-5-3-2-4-6-9/h2-8,12H,1H3,(H,17,18)(H,19,20). The van der Waals surface area contributed by atoms with Crippen LogP contribution < -0.4 is 0 Å². The van der Waals surface area contributed by atoms with Crippen molar-refractivity contribution < 1.29 is 19.8 Å². The first kappa shape index (κ1) is 14.5. The Morgan fingerprint density at radius 1 is 1.20 bits per heavy atom. The van der Waals surface area contributed by atoms with Crippen molar-refractivity contribution in [2.75, 3.05) is 0 Å². The van der Waals surface area contributed by atoms with E-state index in [1.807, 2.05) is 0 Å². The molecule has 4 nitrogen and oxygen atoms in total. The molecule has 0 amide bonds. The lowest BCUT2D eigenvalue weighted by Gasteiger charge is -2.35. The SMILES string of the molecule is CC1(C(=O)O)C=C(Br)C=C(C(=O)O)C1c1ccccc1. The van der Waals surface area contributed by atoms with Crippen molar-refractivity contribution in [2.45, 2.75) is 12.8 Å². The first-order valence-corrected chi connectivity index (χ1v) is 6.77. The van der Waals surface area contributed by atoms with Crippen LogP contribution in [0.15, 0.2) is 52.5 Å². The summed E-state index contributed by atoms with van der Waals surface area (Å²) in [6, 6.07) is 8.83. The van der Waals surface area contributed by atoms with Gasteiger partial charge in [0, 0.05) is 16.0 Å². The van der Waals surface area contributed by atoms with Crippen molar-refractivity contribution in [3.05, 3.63) is 58.1 Å². The number of hydrogen-bond donors (Lipinski definition) is 2. The van der Waals surface area contributed by atoms with Gasteiger partial charge in [-0.25, -0.2) is 4.79 Å². The molecule has 1 aromatic carbocycles. The lowest BCUT2D eigenvalue weighted by atomic mass is 9.67. The summed E-state index contributed by atoms with van der Waals surface area (Å²) < 4.78 is 0.465. The molecule has 1 aliphatic rings. The van der Waals surface area contributed by atoms with E-state index in [-0.39, 0.29) is 5.57 Å². The van der Waals surface area contributed by atoms with Gasteiger partial charge in [-0.05, 0) is 18.6 Å². The quantitative estimate of drug-likeness (QED) is 0.888. The summed E-state index contributed by atoms with van der Waals surface area (Å²) in [5, 5.41) is 19.0. The lowest BCUT2D eigenvalue weighted by Crippen LogP contribution is -2.37. The van der Waals surface area contributed by atoms with E-state index in [0.29, 0.717) is 10.0 Å². The van der Waals surface area contributed by atoms with Gasteiger partial charge < -0.3 is 10.2 Å². The maximum absolute atomic E-state index is 11.7. The number of rotatable bonds is 3. The van der Waals surface area contributed by atoms with Crippen molar-refractivity contribution >= 4 is 27.9 Å². The molecule has 2 rings (SSSR count). The topological polar surface area (TPSA) is 74.6 Å². The molecule has 0 radical (unpaired) electrons. The number of carbonyl (C=O) groups is 2. The van der Waals surface area contributed by atoms with E-state index < -0.39 is 23.3 Å². The summed E-state index contributed by atoms with van der Waals surface area (Å²) in [4.78, 5) is 23.2. The predicted octanol–water partition coefficient (Wildman–Crippen LogP) is 3.16. The number of benzene rings is 1. The van der Waals surface area contributed by atoms with Gasteiger partial charge in [0.25, 0.3) is 0 Å². The van der Waals surface area contributed by atoms with E-state index >= 15 is 0 Å². The first-order valence-electron chi connectivity index (χ1n) is 5.98. The van der Waals surface area contributed by atoms with Gasteiger partial charge in [-0.15, -0.1) is 0 Å². The molecule has 20 heavy (non-hydrogen) atoms. The van der Waals surface area contributed by atoms with E-state index in [1.54, 1.807) is 36.4 Å². The Bertz CT molecular complexity index is 618. The fraction of sp³-hybridized carbons (Fsp3) is 0.200. The van der Waals surface area contributed by atoms with Gasteiger partial charge in [0.15, 0.2) is 0 Å². The normalized spacial score (nSPS) is 25.6. The predicted molar refractivity (Wildman–Crippen MR) is 77.7 cm³/mol. The second-order valence-corrected chi connectivity index (χ2v) is 5.78. The largest absolute Gasteiger partial charge is 0.481 e. The second kappa shape index (κ2) is 5.25. The molecule has 0 bridgehead atoms. The summed E-state index contributed by atoms with van der Waals surface area (Å²) in [5.74, 6) is -2.91. The van der Waals surface area contributed by atoms with E-state index in [4.69, 9.17) is 0 Å². The van der Waals surface area contributed by atoms with Crippen LogP contribution in [0, 0.1) is 5.41 Å². The third-order valence-electron chi connectivity index (χ3n) is 3.48. The third kappa shape index (κ3) is 2.41. The Hall–Kier alpha value is -1.88. The lowest BCUT2D eigenvalue weighted by molar-refractivity contribution is -0.146. The van der Waals surface area contributed by atoms with Crippen LogP contribution in [0.1, 0.15) is 18.4 Å². The van der Waals surface area contributed by atoms with Crippen molar-refractivity contribution in [1.29, 1.82) is 0 Å². The van der Waals surface area contributed by atoms with Crippen molar-refractivity contribution in [3.63, 3.8) is 0 Å². The average molecular weight is 337 g/mol. The Morgan fingerprint density at radius 3 is 2.30 bits per heavy atom. The van der Waals surface area contributed by atoms with Gasteiger partial charge in [0.2, 0.25) is 0 Å². The zero-order valence-corrected chi connectivity index (χ0v) is 12.3. The summed E-state index contributed by atoms with van der Waals surface area (Å²) >= 11 is 3.20. The van der Waals surface area contributed by atoms with Crippen LogP contribution in [-0.4, -0.2) is 22.2 Å². The van der Waals surface area contributed by atoms with Gasteiger partial charge in [0.05, 0.1) is 5.41 Å². The summed E-state index contributed by atoms with van der Waals surface area (Å²) in [5.41, 5.74) is -0.583. The van der Waals surface area contributed by atoms with Gasteiger partial charge >= 0.3 is 11.9 Å². The van der Waals surface area contributed by atoms with Crippen LogP contribution in [0.4, 0.5) is 0 Å². The fourth-order valence-electron chi connectivity index (χ4n) is 2.51. The van der Waals surface area contributed by atoms with Crippen LogP contribution in [0.5, 0.6) is 0 Å². The van der Waals surface area contributed by atoms with Gasteiger partial charge in [-0.2, -0.15) is 0 Å². The maximum atomic E-state index is 11.7. The van der Waals surface area contributed by atoms with Crippen LogP contribution >= 0.6 is 15.9 Å². The molecule has 104 valence electrons. The number of carboxylic acids is 2. The molecular weight excluding hydrogens is 324 g/mol. The highest BCUT2D eigenvalue weighted by Crippen LogP contribution is 2.47. The molecule has 0 fully saturated rings. The minimum atomic E-state index is -1.32. The van der Waals surface area contributed by atoms with Gasteiger partial charge in [0.1, 0.15) is 0 Å². The van der Waals surface area contributed by atoms with Crippen LogP contribution in [-0.2, 0) is 9.59 Å². The molecule has 0 aromatic heterocycles. The minimum absolute atomic E-state index is 0.0653. The van der Waals surface area contributed by atoms with Crippen molar-refractivity contribution in [1.82, 2.24) is 0 Å². The molecule has 2 atom stereocenters. The smallest absolute Gasteiger partial charge is 0.332 e. The van der Waals surface area contributed by atoms with E-state index in [0.717, 1.165) is 0 Å². The molecule has 0 aliphatic heterocycles. The van der Waals surface area contributed by atoms with Crippen LogP contribution in [0.25, 0.3) is 0 Å². The number of aliphatic carboxylic acids is 2. The van der Waals surface area contributed by atoms with E-state index in [9.17, 15) is 19.8 Å². The number of carboxylic acid groups (broad SMARTS) is 2. The molecule has 1 aromatic rings. The monoisotopic (exact) mass is 336 g/mol. The molecule has 5 heteroatoms. The summed E-state index contributed by atoms with van der Waals surface area (Å²) in [6.45, 7) is 1.53. The number of halogens is 1. The molecule has 0 saturated carbocycles. The highest BCUT2D eigenvalue weighted by molar-refractivity contribution is 9.11. The Morgan fingerprint density at radius 2 is 1.80 bits per heavy atom. The summed E-state index contributed by atoms with van der Waals surface area (Å²) in [7, 11) is 0. The highest BCUT2D eigenvalue weighted by atomic mass is 79.9. The zero-order valence-electron chi connectivity index (χ0n) is 10.7. The maximum Gasteiger partial charge on any atom is 0.332 e. The zero-order chi connectivity index (χ0) is 14.9. The number of hydrogen-bond acceptors (Lipinski definition) is 2. The Labute approximate surface area is 124 Å². The Balaban J connectivity index is 2.66. The van der Waals surface area contributed by atoms with Crippen LogP contribution in [0.3, 0.4) is 0 Å². The fourth-order valence-corrected chi connectivity index (χ4v) is 3.23. The van der Waals surface area contributed by atoms with Crippen molar-refractivity contribution in [2.24, 2.45) is 5.41 Å². The highest BCUT2D eigenvalue weighted by Gasteiger charge is 2.46. The molecule has 1 aliphatic carbocycles. The molecule has 2 N–H and O–H groups in total. The van der Waals surface area contributed by atoms with Gasteiger partial charge in [-0.1, -0.05) is 52.3 Å². The van der Waals surface area contributed by atoms with Crippen molar-refractivity contribution in [3.8, 4) is 0 Å². The molecular formula is C15H13BrO4. The average Bonchev–Trinajstić information content (AvgIpc) is 2.38. The number of allylic oxidation sites excluding steroid dienone is 2.